The van der Waals surface area contributed by atoms with Crippen molar-refractivity contribution in [1.82, 2.24) is 0 Å². The van der Waals surface area contributed by atoms with E-state index < -0.39 is 5.97 Å². The van der Waals surface area contributed by atoms with Crippen molar-refractivity contribution in [3.05, 3.63) is 95.6 Å². The Kier molecular flexibility index (Phi) is 5.62. The molecular formula is C21H18N2O3. The SMILES string of the molecule is O=C(O)c1ccccc1N/N=C\c1ccccc1OCc1ccccc1. The molecule has 0 saturated heterocycles. The van der Waals surface area contributed by atoms with E-state index >= 15 is 0 Å². The van der Waals surface area contributed by atoms with Crippen LogP contribution in [0.25, 0.3) is 0 Å². The van der Waals surface area contributed by atoms with E-state index in [1.165, 1.54) is 6.07 Å². The molecule has 26 heavy (non-hydrogen) atoms. The molecule has 0 aliphatic carbocycles. The molecule has 3 aromatic rings. The van der Waals surface area contributed by atoms with Crippen LogP contribution in [0.3, 0.4) is 0 Å². The van der Waals surface area contributed by atoms with Crippen molar-refractivity contribution < 1.29 is 14.6 Å². The molecule has 0 spiro atoms. The average molecular weight is 346 g/mol. The van der Waals surface area contributed by atoms with Crippen LogP contribution in [-0.2, 0) is 6.61 Å². The highest BCUT2D eigenvalue weighted by molar-refractivity contribution is 5.94. The maximum atomic E-state index is 11.2. The molecule has 0 aliphatic heterocycles. The number of benzene rings is 3. The van der Waals surface area contributed by atoms with Gasteiger partial charge in [-0.2, -0.15) is 5.10 Å². The summed E-state index contributed by atoms with van der Waals surface area (Å²) in [6.07, 6.45) is 1.61. The summed E-state index contributed by atoms with van der Waals surface area (Å²) in [5.41, 5.74) is 5.24. The van der Waals surface area contributed by atoms with Crippen LogP contribution in [0.15, 0.2) is 84.0 Å². The quantitative estimate of drug-likeness (QED) is 0.491. The van der Waals surface area contributed by atoms with Gasteiger partial charge in [-0.05, 0) is 29.8 Å². The molecular weight excluding hydrogens is 328 g/mol. The van der Waals surface area contributed by atoms with Gasteiger partial charge in [0.15, 0.2) is 0 Å². The van der Waals surface area contributed by atoms with E-state index in [1.54, 1.807) is 24.4 Å². The fraction of sp³-hybridized carbons (Fsp3) is 0.0476. The van der Waals surface area contributed by atoms with Crippen LogP contribution in [0, 0.1) is 0 Å². The van der Waals surface area contributed by atoms with Gasteiger partial charge in [0, 0.05) is 5.56 Å². The largest absolute Gasteiger partial charge is 0.488 e. The lowest BCUT2D eigenvalue weighted by Crippen LogP contribution is -2.02. The summed E-state index contributed by atoms with van der Waals surface area (Å²) in [4.78, 5) is 11.2. The first-order chi connectivity index (χ1) is 12.7. The molecule has 0 bridgehead atoms. The van der Waals surface area contributed by atoms with E-state index in [1.807, 2.05) is 54.6 Å². The maximum Gasteiger partial charge on any atom is 0.337 e. The van der Waals surface area contributed by atoms with Gasteiger partial charge < -0.3 is 9.84 Å². The number of carboxylic acids is 1. The highest BCUT2D eigenvalue weighted by Gasteiger charge is 2.07. The number of nitrogens with zero attached hydrogens (tertiary/aromatic N) is 1. The fourth-order valence-corrected chi connectivity index (χ4v) is 2.39. The second-order valence-corrected chi connectivity index (χ2v) is 5.53. The molecule has 0 aromatic heterocycles. The van der Waals surface area contributed by atoms with Gasteiger partial charge in [0.2, 0.25) is 0 Å². The van der Waals surface area contributed by atoms with Gasteiger partial charge in [-0.15, -0.1) is 0 Å². The van der Waals surface area contributed by atoms with E-state index in [4.69, 9.17) is 4.74 Å². The lowest BCUT2D eigenvalue weighted by atomic mass is 10.2. The predicted octanol–water partition coefficient (Wildman–Crippen LogP) is 4.41. The zero-order valence-electron chi connectivity index (χ0n) is 14.0. The predicted molar refractivity (Wildman–Crippen MR) is 102 cm³/mol. The van der Waals surface area contributed by atoms with Crippen LogP contribution in [0.5, 0.6) is 5.75 Å². The number of rotatable bonds is 7. The molecule has 130 valence electrons. The van der Waals surface area contributed by atoms with Gasteiger partial charge in [-0.3, -0.25) is 5.43 Å². The number of hydrazone groups is 1. The zero-order chi connectivity index (χ0) is 18.2. The number of ether oxygens (including phenoxy) is 1. The van der Waals surface area contributed by atoms with Crippen LogP contribution >= 0.6 is 0 Å². The van der Waals surface area contributed by atoms with Gasteiger partial charge >= 0.3 is 5.97 Å². The smallest absolute Gasteiger partial charge is 0.337 e. The van der Waals surface area contributed by atoms with Crippen LogP contribution in [-0.4, -0.2) is 17.3 Å². The first-order valence-electron chi connectivity index (χ1n) is 8.11. The van der Waals surface area contributed by atoms with E-state index in [9.17, 15) is 9.90 Å². The number of anilines is 1. The third kappa shape index (κ3) is 4.48. The summed E-state index contributed by atoms with van der Waals surface area (Å²) in [7, 11) is 0. The Bertz CT molecular complexity index is 908. The monoisotopic (exact) mass is 346 g/mol. The van der Waals surface area contributed by atoms with Crippen LogP contribution < -0.4 is 10.2 Å². The lowest BCUT2D eigenvalue weighted by molar-refractivity contribution is 0.0698. The number of aromatic carboxylic acids is 1. The van der Waals surface area contributed by atoms with Crippen molar-refractivity contribution in [2.24, 2.45) is 5.10 Å². The summed E-state index contributed by atoms with van der Waals surface area (Å²) in [6.45, 7) is 0.459. The molecule has 0 saturated carbocycles. The summed E-state index contributed by atoms with van der Waals surface area (Å²) in [5.74, 6) is -0.302. The van der Waals surface area contributed by atoms with Crippen molar-refractivity contribution in [3.63, 3.8) is 0 Å². The minimum absolute atomic E-state index is 0.165. The third-order valence-corrected chi connectivity index (χ3v) is 3.70. The van der Waals surface area contributed by atoms with Crippen molar-refractivity contribution in [2.45, 2.75) is 6.61 Å². The molecule has 0 unspecified atom stereocenters. The summed E-state index contributed by atoms with van der Waals surface area (Å²) in [5, 5.41) is 13.3. The van der Waals surface area contributed by atoms with E-state index in [2.05, 4.69) is 10.5 Å². The minimum atomic E-state index is -1.00. The van der Waals surface area contributed by atoms with Gasteiger partial charge in [-0.1, -0.05) is 54.6 Å². The Morgan fingerprint density at radius 2 is 1.65 bits per heavy atom. The van der Waals surface area contributed by atoms with Gasteiger partial charge in [0.05, 0.1) is 17.5 Å². The molecule has 0 radical (unpaired) electrons. The summed E-state index contributed by atoms with van der Waals surface area (Å²) in [6, 6.07) is 24.1. The molecule has 5 nitrogen and oxygen atoms in total. The fourth-order valence-electron chi connectivity index (χ4n) is 2.39. The highest BCUT2D eigenvalue weighted by atomic mass is 16.5. The Hall–Kier alpha value is -3.60. The normalized spacial score (nSPS) is 10.6. The zero-order valence-corrected chi connectivity index (χ0v) is 14.0. The van der Waals surface area contributed by atoms with Gasteiger partial charge in [0.1, 0.15) is 12.4 Å². The first-order valence-corrected chi connectivity index (χ1v) is 8.11. The Labute approximate surface area is 151 Å². The standard InChI is InChI=1S/C21H18N2O3/c24-21(25)18-11-5-6-12-19(18)23-22-14-17-10-4-7-13-20(17)26-15-16-8-2-1-3-9-16/h1-14,23H,15H2,(H,24,25)/b22-14-. The molecule has 5 heteroatoms. The molecule has 0 amide bonds. The second-order valence-electron chi connectivity index (χ2n) is 5.53. The van der Waals surface area contributed by atoms with Crippen LogP contribution in [0.1, 0.15) is 21.5 Å². The van der Waals surface area contributed by atoms with Crippen LogP contribution in [0.2, 0.25) is 0 Å². The lowest BCUT2D eigenvalue weighted by Gasteiger charge is -2.09. The number of hydrogen-bond acceptors (Lipinski definition) is 4. The maximum absolute atomic E-state index is 11.2. The molecule has 0 heterocycles. The number of para-hydroxylation sites is 2. The first kappa shape index (κ1) is 17.2. The topological polar surface area (TPSA) is 70.9 Å². The number of nitrogens with one attached hydrogen (secondary N) is 1. The Morgan fingerprint density at radius 1 is 0.962 bits per heavy atom. The number of carbonyl (C=O) groups is 1. The minimum Gasteiger partial charge on any atom is -0.488 e. The highest BCUT2D eigenvalue weighted by Crippen LogP contribution is 2.18. The molecule has 3 rings (SSSR count). The average Bonchev–Trinajstić information content (AvgIpc) is 2.68. The second kappa shape index (κ2) is 8.48. The van der Waals surface area contributed by atoms with Crippen molar-refractivity contribution in [2.75, 3.05) is 5.43 Å². The summed E-state index contributed by atoms with van der Waals surface area (Å²) >= 11 is 0. The molecule has 0 fully saturated rings. The molecule has 3 aromatic carbocycles. The Balaban J connectivity index is 1.70. The number of carboxylic acid groups (broad SMARTS) is 1. The molecule has 0 aliphatic rings. The van der Waals surface area contributed by atoms with Crippen molar-refractivity contribution >= 4 is 17.9 Å². The van der Waals surface area contributed by atoms with E-state index in [0.717, 1.165) is 11.1 Å². The third-order valence-electron chi connectivity index (χ3n) is 3.70. The molecule has 0 atom stereocenters. The number of hydrogen-bond donors (Lipinski definition) is 2. The van der Waals surface area contributed by atoms with Crippen molar-refractivity contribution in [1.29, 1.82) is 0 Å². The van der Waals surface area contributed by atoms with E-state index in [-0.39, 0.29) is 5.56 Å². The van der Waals surface area contributed by atoms with Crippen molar-refractivity contribution in [3.8, 4) is 5.75 Å². The van der Waals surface area contributed by atoms with E-state index in [0.29, 0.717) is 18.0 Å². The van der Waals surface area contributed by atoms with Crippen LogP contribution in [0.4, 0.5) is 5.69 Å². The Morgan fingerprint density at radius 3 is 2.46 bits per heavy atom. The van der Waals surface area contributed by atoms with Gasteiger partial charge in [0.25, 0.3) is 0 Å². The van der Waals surface area contributed by atoms with Gasteiger partial charge in [-0.25, -0.2) is 4.79 Å². The molecule has 2 N–H and O–H groups in total. The summed E-state index contributed by atoms with van der Waals surface area (Å²) < 4.78 is 5.87.